The second-order valence-electron chi connectivity index (χ2n) is 3.14. The van der Waals surface area contributed by atoms with Crippen LogP contribution in [0.2, 0.25) is 0 Å². The SMILES string of the molecule is CC1=CC(=O)[C@@](C)(O)C(=O)/C1=C\O. The van der Waals surface area contributed by atoms with Gasteiger partial charge in [-0.1, -0.05) is 0 Å². The molecule has 1 aliphatic rings. The minimum Gasteiger partial charge on any atom is -0.515 e. The lowest BCUT2D eigenvalue weighted by atomic mass is 9.82. The average molecular weight is 182 g/mol. The van der Waals surface area contributed by atoms with E-state index < -0.39 is 17.2 Å². The van der Waals surface area contributed by atoms with Crippen molar-refractivity contribution in [3.63, 3.8) is 0 Å². The Morgan fingerprint density at radius 3 is 2.46 bits per heavy atom. The van der Waals surface area contributed by atoms with Crippen LogP contribution >= 0.6 is 0 Å². The van der Waals surface area contributed by atoms with Crippen LogP contribution in [-0.4, -0.2) is 27.4 Å². The highest BCUT2D eigenvalue weighted by Gasteiger charge is 2.42. The molecule has 70 valence electrons. The highest BCUT2D eigenvalue weighted by atomic mass is 16.3. The second kappa shape index (κ2) is 2.81. The molecule has 0 spiro atoms. The highest BCUT2D eigenvalue weighted by Crippen LogP contribution is 2.25. The standard InChI is InChI=1S/C9H10O4/c1-5-3-7(11)9(2,13)8(12)6(5)4-10/h3-4,10,13H,1-2H3/b6-4-/t9-/m1/s1. The van der Waals surface area contributed by atoms with Gasteiger partial charge in [0.2, 0.25) is 5.78 Å². The third-order valence-electron chi connectivity index (χ3n) is 2.07. The van der Waals surface area contributed by atoms with Crippen molar-refractivity contribution in [3.8, 4) is 0 Å². The van der Waals surface area contributed by atoms with E-state index in [1.807, 2.05) is 0 Å². The van der Waals surface area contributed by atoms with Crippen molar-refractivity contribution in [1.29, 1.82) is 0 Å². The Bertz CT molecular complexity index is 334. The van der Waals surface area contributed by atoms with E-state index in [1.165, 1.54) is 6.92 Å². The molecule has 0 aromatic heterocycles. The van der Waals surface area contributed by atoms with Crippen molar-refractivity contribution in [3.05, 3.63) is 23.5 Å². The Hall–Kier alpha value is -1.42. The zero-order valence-corrected chi connectivity index (χ0v) is 7.37. The summed E-state index contributed by atoms with van der Waals surface area (Å²) in [5.74, 6) is -1.42. The lowest BCUT2D eigenvalue weighted by Crippen LogP contribution is -2.46. The van der Waals surface area contributed by atoms with Crippen molar-refractivity contribution >= 4 is 11.6 Å². The number of carbonyl (C=O) groups is 2. The molecule has 0 saturated heterocycles. The van der Waals surface area contributed by atoms with Crippen LogP contribution < -0.4 is 0 Å². The minimum atomic E-state index is -2.03. The third kappa shape index (κ3) is 1.29. The van der Waals surface area contributed by atoms with E-state index in [1.54, 1.807) is 0 Å². The van der Waals surface area contributed by atoms with Gasteiger partial charge in [0.1, 0.15) is 0 Å². The third-order valence-corrected chi connectivity index (χ3v) is 2.07. The molecule has 1 atom stereocenters. The molecule has 1 rings (SSSR count). The Balaban J connectivity index is 3.32. The van der Waals surface area contributed by atoms with Gasteiger partial charge in [-0.05, 0) is 25.5 Å². The maximum absolute atomic E-state index is 11.4. The first-order chi connectivity index (χ1) is 5.91. The van der Waals surface area contributed by atoms with Crippen LogP contribution in [0.3, 0.4) is 0 Å². The monoisotopic (exact) mass is 182 g/mol. The molecule has 0 radical (unpaired) electrons. The molecule has 0 aromatic carbocycles. The van der Waals surface area contributed by atoms with E-state index in [2.05, 4.69) is 0 Å². The summed E-state index contributed by atoms with van der Waals surface area (Å²) in [5, 5.41) is 18.1. The number of Topliss-reactive ketones (excluding diaryl/α,β-unsaturated/α-hetero) is 1. The first-order valence-electron chi connectivity index (χ1n) is 3.76. The molecule has 0 amide bonds. The normalized spacial score (nSPS) is 32.2. The number of rotatable bonds is 0. The summed E-state index contributed by atoms with van der Waals surface area (Å²) >= 11 is 0. The molecule has 4 nitrogen and oxygen atoms in total. The zero-order chi connectivity index (χ0) is 10.2. The van der Waals surface area contributed by atoms with E-state index in [-0.39, 0.29) is 5.57 Å². The van der Waals surface area contributed by atoms with Gasteiger partial charge >= 0.3 is 0 Å². The molecule has 13 heavy (non-hydrogen) atoms. The summed E-state index contributed by atoms with van der Waals surface area (Å²) in [6.45, 7) is 2.64. The molecule has 0 aliphatic heterocycles. The first kappa shape index (κ1) is 9.67. The fraction of sp³-hybridized carbons (Fsp3) is 0.333. The van der Waals surface area contributed by atoms with Crippen LogP contribution in [-0.2, 0) is 9.59 Å². The number of hydrogen-bond donors (Lipinski definition) is 2. The van der Waals surface area contributed by atoms with Gasteiger partial charge in [0.15, 0.2) is 11.4 Å². The maximum Gasteiger partial charge on any atom is 0.205 e. The molecule has 0 bridgehead atoms. The van der Waals surface area contributed by atoms with Crippen molar-refractivity contribution in [2.45, 2.75) is 19.4 Å². The highest BCUT2D eigenvalue weighted by molar-refractivity contribution is 6.24. The van der Waals surface area contributed by atoms with Crippen LogP contribution in [0, 0.1) is 0 Å². The average Bonchev–Trinajstić information content (AvgIpc) is 2.03. The lowest BCUT2D eigenvalue weighted by molar-refractivity contribution is -0.144. The van der Waals surface area contributed by atoms with Gasteiger partial charge < -0.3 is 10.2 Å². The number of allylic oxidation sites excluding steroid dienone is 1. The van der Waals surface area contributed by atoms with Crippen LogP contribution in [0.5, 0.6) is 0 Å². The minimum absolute atomic E-state index is 0.0235. The molecule has 1 aliphatic carbocycles. The fourth-order valence-corrected chi connectivity index (χ4v) is 1.13. The molecule has 0 saturated carbocycles. The molecule has 0 unspecified atom stereocenters. The quantitative estimate of drug-likeness (QED) is 0.320. The second-order valence-corrected chi connectivity index (χ2v) is 3.14. The van der Waals surface area contributed by atoms with Gasteiger partial charge in [-0.2, -0.15) is 0 Å². The van der Waals surface area contributed by atoms with Crippen LogP contribution in [0.25, 0.3) is 0 Å². The maximum atomic E-state index is 11.4. The molecule has 0 heterocycles. The van der Waals surface area contributed by atoms with E-state index in [0.717, 1.165) is 13.0 Å². The first-order valence-corrected chi connectivity index (χ1v) is 3.76. The predicted octanol–water partition coefficient (Wildman–Crippen LogP) is 0.277. The molecule has 0 aromatic rings. The molecule has 2 N–H and O–H groups in total. The molecular formula is C9H10O4. The van der Waals surface area contributed by atoms with E-state index in [0.29, 0.717) is 11.8 Å². The number of aliphatic hydroxyl groups excluding tert-OH is 1. The number of ketones is 2. The summed E-state index contributed by atoms with van der Waals surface area (Å²) < 4.78 is 0. The summed E-state index contributed by atoms with van der Waals surface area (Å²) in [6, 6.07) is 0. The number of hydrogen-bond acceptors (Lipinski definition) is 4. The Morgan fingerprint density at radius 2 is 2.00 bits per heavy atom. The van der Waals surface area contributed by atoms with Gasteiger partial charge in [-0.25, -0.2) is 0 Å². The van der Waals surface area contributed by atoms with Crippen molar-refractivity contribution < 1.29 is 19.8 Å². The number of aliphatic hydroxyl groups is 2. The zero-order valence-electron chi connectivity index (χ0n) is 7.37. The van der Waals surface area contributed by atoms with Gasteiger partial charge in [0.25, 0.3) is 0 Å². The summed E-state index contributed by atoms with van der Waals surface area (Å²) in [7, 11) is 0. The van der Waals surface area contributed by atoms with Crippen molar-refractivity contribution in [1.82, 2.24) is 0 Å². The summed E-state index contributed by atoms with van der Waals surface area (Å²) in [5.41, 5.74) is -1.69. The van der Waals surface area contributed by atoms with Crippen LogP contribution in [0.4, 0.5) is 0 Å². The molecule has 4 heteroatoms. The van der Waals surface area contributed by atoms with Gasteiger partial charge in [-0.15, -0.1) is 0 Å². The van der Waals surface area contributed by atoms with Crippen LogP contribution in [0.15, 0.2) is 23.5 Å². The van der Waals surface area contributed by atoms with E-state index in [4.69, 9.17) is 5.11 Å². The fourth-order valence-electron chi connectivity index (χ4n) is 1.13. The number of carbonyl (C=O) groups excluding carboxylic acids is 2. The Kier molecular flexibility index (Phi) is 2.09. The molecular weight excluding hydrogens is 172 g/mol. The van der Waals surface area contributed by atoms with Gasteiger partial charge in [0, 0.05) is 0 Å². The predicted molar refractivity (Wildman–Crippen MR) is 45.1 cm³/mol. The van der Waals surface area contributed by atoms with E-state index in [9.17, 15) is 14.7 Å². The molecule has 0 fully saturated rings. The Labute approximate surface area is 75.2 Å². The van der Waals surface area contributed by atoms with Crippen molar-refractivity contribution in [2.75, 3.05) is 0 Å². The largest absolute Gasteiger partial charge is 0.515 e. The van der Waals surface area contributed by atoms with E-state index >= 15 is 0 Å². The van der Waals surface area contributed by atoms with Crippen LogP contribution in [0.1, 0.15) is 13.8 Å². The van der Waals surface area contributed by atoms with Gasteiger partial charge in [0.05, 0.1) is 11.8 Å². The van der Waals surface area contributed by atoms with Gasteiger partial charge in [-0.3, -0.25) is 9.59 Å². The smallest absolute Gasteiger partial charge is 0.205 e. The Morgan fingerprint density at radius 1 is 1.46 bits per heavy atom. The summed E-state index contributed by atoms with van der Waals surface area (Å²) in [6.07, 6.45) is 1.75. The van der Waals surface area contributed by atoms with Crippen molar-refractivity contribution in [2.24, 2.45) is 0 Å². The lowest BCUT2D eigenvalue weighted by Gasteiger charge is -2.24. The summed E-state index contributed by atoms with van der Waals surface area (Å²) in [4.78, 5) is 22.5. The topological polar surface area (TPSA) is 74.6 Å².